The lowest BCUT2D eigenvalue weighted by atomic mass is 10.3. The zero-order valence-electron chi connectivity index (χ0n) is 13.0. The fourth-order valence-corrected chi connectivity index (χ4v) is 2.50. The van der Waals surface area contributed by atoms with Crippen LogP contribution in [0.15, 0.2) is 23.6 Å². The summed E-state index contributed by atoms with van der Waals surface area (Å²) in [6, 6.07) is 5.00. The van der Waals surface area contributed by atoms with Gasteiger partial charge in [0.15, 0.2) is 0 Å². The third kappa shape index (κ3) is 4.11. The minimum absolute atomic E-state index is 0.221. The first-order valence-electron chi connectivity index (χ1n) is 6.68. The number of rotatable bonds is 5. The maximum Gasteiger partial charge on any atom is 0.321 e. The lowest BCUT2D eigenvalue weighted by molar-refractivity contribution is 0.220. The number of methoxy groups -OCH3 is 2. The van der Waals surface area contributed by atoms with Crippen LogP contribution in [-0.4, -0.2) is 37.2 Å². The highest BCUT2D eigenvalue weighted by atomic mass is 32.1. The number of carbonyl (C=O) groups is 1. The highest BCUT2D eigenvalue weighted by Gasteiger charge is 2.12. The maximum atomic E-state index is 12.2. The topological polar surface area (TPSA) is 63.7 Å². The maximum absolute atomic E-state index is 12.2. The number of hydrogen-bond acceptors (Lipinski definition) is 5. The zero-order valence-corrected chi connectivity index (χ0v) is 13.9. The third-order valence-electron chi connectivity index (χ3n) is 3.02. The van der Waals surface area contributed by atoms with Crippen molar-refractivity contribution in [3.8, 4) is 11.5 Å². The van der Waals surface area contributed by atoms with Crippen LogP contribution in [-0.2, 0) is 6.54 Å². The van der Waals surface area contributed by atoms with E-state index in [-0.39, 0.29) is 6.03 Å². The second-order valence-electron chi connectivity index (χ2n) is 4.75. The Kier molecular flexibility index (Phi) is 5.21. The summed E-state index contributed by atoms with van der Waals surface area (Å²) in [5.41, 5.74) is 1.49. The Bertz CT molecular complexity index is 635. The van der Waals surface area contributed by atoms with Crippen molar-refractivity contribution in [1.29, 1.82) is 0 Å². The number of amides is 2. The van der Waals surface area contributed by atoms with E-state index in [1.807, 2.05) is 12.3 Å². The number of urea groups is 1. The molecule has 0 atom stereocenters. The molecule has 0 saturated carbocycles. The second kappa shape index (κ2) is 7.13. The molecule has 0 aliphatic heterocycles. The van der Waals surface area contributed by atoms with E-state index in [9.17, 15) is 4.79 Å². The highest BCUT2D eigenvalue weighted by Crippen LogP contribution is 2.26. The number of nitrogens with zero attached hydrogens (tertiary/aromatic N) is 2. The van der Waals surface area contributed by atoms with E-state index in [0.29, 0.717) is 23.7 Å². The normalized spacial score (nSPS) is 10.2. The third-order valence-corrected chi connectivity index (χ3v) is 3.84. The van der Waals surface area contributed by atoms with Gasteiger partial charge < -0.3 is 19.7 Å². The molecule has 0 radical (unpaired) electrons. The number of aromatic nitrogens is 1. The summed E-state index contributed by atoms with van der Waals surface area (Å²) in [4.78, 5) is 18.2. The molecule has 2 rings (SSSR count). The van der Waals surface area contributed by atoms with Crippen molar-refractivity contribution in [1.82, 2.24) is 9.88 Å². The molecule has 0 fully saturated rings. The van der Waals surface area contributed by atoms with Gasteiger partial charge in [-0.3, -0.25) is 0 Å². The first kappa shape index (κ1) is 16.1. The summed E-state index contributed by atoms with van der Waals surface area (Å²) >= 11 is 1.57. The van der Waals surface area contributed by atoms with Crippen LogP contribution in [0.4, 0.5) is 10.5 Å². The molecular weight excluding hydrogens is 302 g/mol. The molecular formula is C15H19N3O3S. The molecule has 0 unspecified atom stereocenters. The lowest BCUT2D eigenvalue weighted by Gasteiger charge is -2.17. The van der Waals surface area contributed by atoms with E-state index in [0.717, 1.165) is 10.7 Å². The number of benzene rings is 1. The van der Waals surface area contributed by atoms with Gasteiger partial charge >= 0.3 is 6.03 Å². The molecule has 0 spiro atoms. The molecule has 2 aromatic rings. The summed E-state index contributed by atoms with van der Waals surface area (Å²) in [6.07, 6.45) is 0. The van der Waals surface area contributed by atoms with Gasteiger partial charge in [-0.1, -0.05) is 0 Å². The lowest BCUT2D eigenvalue weighted by Crippen LogP contribution is -2.30. The highest BCUT2D eigenvalue weighted by molar-refractivity contribution is 7.09. The predicted octanol–water partition coefficient (Wildman–Crippen LogP) is 3.13. The predicted molar refractivity (Wildman–Crippen MR) is 86.9 cm³/mol. The van der Waals surface area contributed by atoms with Crippen LogP contribution in [0, 0.1) is 6.92 Å². The molecule has 0 saturated heterocycles. The van der Waals surface area contributed by atoms with Crippen LogP contribution < -0.4 is 14.8 Å². The number of ether oxygens (including phenoxy) is 2. The van der Waals surface area contributed by atoms with E-state index in [2.05, 4.69) is 10.3 Å². The number of nitrogens with one attached hydrogen (secondary N) is 1. The first-order valence-corrected chi connectivity index (χ1v) is 7.56. The second-order valence-corrected chi connectivity index (χ2v) is 5.81. The van der Waals surface area contributed by atoms with Crippen LogP contribution >= 0.6 is 11.3 Å². The number of hydrogen-bond donors (Lipinski definition) is 1. The molecule has 1 aromatic carbocycles. The summed E-state index contributed by atoms with van der Waals surface area (Å²) in [6.45, 7) is 2.40. The zero-order chi connectivity index (χ0) is 16.1. The van der Waals surface area contributed by atoms with Crippen molar-refractivity contribution < 1.29 is 14.3 Å². The van der Waals surface area contributed by atoms with Gasteiger partial charge in [0.2, 0.25) is 0 Å². The van der Waals surface area contributed by atoms with Crippen LogP contribution in [0.3, 0.4) is 0 Å². The van der Waals surface area contributed by atoms with Crippen molar-refractivity contribution in [3.05, 3.63) is 34.3 Å². The molecule has 6 nitrogen and oxygen atoms in total. The quantitative estimate of drug-likeness (QED) is 0.919. The van der Waals surface area contributed by atoms with E-state index >= 15 is 0 Å². The van der Waals surface area contributed by atoms with Crippen molar-refractivity contribution in [2.45, 2.75) is 13.5 Å². The minimum Gasteiger partial charge on any atom is -0.497 e. The van der Waals surface area contributed by atoms with E-state index in [4.69, 9.17) is 9.47 Å². The fraction of sp³-hybridized carbons (Fsp3) is 0.333. The molecule has 22 heavy (non-hydrogen) atoms. The van der Waals surface area contributed by atoms with Crippen LogP contribution in [0.1, 0.15) is 10.7 Å². The average molecular weight is 321 g/mol. The fourth-order valence-electron chi connectivity index (χ4n) is 1.89. The summed E-state index contributed by atoms with van der Waals surface area (Å²) < 4.78 is 10.4. The Morgan fingerprint density at radius 3 is 2.41 bits per heavy atom. The van der Waals surface area contributed by atoms with Crippen LogP contribution in [0.2, 0.25) is 0 Å². The molecule has 118 valence electrons. The van der Waals surface area contributed by atoms with Gasteiger partial charge in [-0.25, -0.2) is 9.78 Å². The van der Waals surface area contributed by atoms with Crippen molar-refractivity contribution >= 4 is 23.1 Å². The van der Waals surface area contributed by atoms with Gasteiger partial charge in [-0.2, -0.15) is 0 Å². The summed E-state index contributed by atoms with van der Waals surface area (Å²) in [5, 5.41) is 5.76. The van der Waals surface area contributed by atoms with Crippen molar-refractivity contribution in [2.75, 3.05) is 26.6 Å². The molecule has 1 aromatic heterocycles. The van der Waals surface area contributed by atoms with Crippen molar-refractivity contribution in [2.24, 2.45) is 0 Å². The SMILES string of the molecule is COc1cc(NC(=O)N(C)Cc2csc(C)n2)cc(OC)c1. The Balaban J connectivity index is 2.04. The van der Waals surface area contributed by atoms with Crippen LogP contribution in [0.5, 0.6) is 11.5 Å². The van der Waals surface area contributed by atoms with Gasteiger partial charge in [0.25, 0.3) is 0 Å². The minimum atomic E-state index is -0.221. The first-order chi connectivity index (χ1) is 10.5. The summed E-state index contributed by atoms with van der Waals surface area (Å²) in [5.74, 6) is 1.24. The smallest absolute Gasteiger partial charge is 0.321 e. The Labute approximate surface area is 133 Å². The Hall–Kier alpha value is -2.28. The standard InChI is InChI=1S/C15H19N3O3S/c1-10-16-12(9-22-10)8-18(2)15(19)17-11-5-13(20-3)7-14(6-11)21-4/h5-7,9H,8H2,1-4H3,(H,17,19). The molecule has 7 heteroatoms. The number of aryl methyl sites for hydroxylation is 1. The molecule has 0 aliphatic rings. The van der Waals surface area contributed by atoms with Crippen LogP contribution in [0.25, 0.3) is 0 Å². The molecule has 2 amide bonds. The van der Waals surface area contributed by atoms with E-state index < -0.39 is 0 Å². The average Bonchev–Trinajstić information content (AvgIpc) is 2.91. The van der Waals surface area contributed by atoms with Gasteiger partial charge in [0.1, 0.15) is 11.5 Å². The Morgan fingerprint density at radius 2 is 1.91 bits per heavy atom. The Morgan fingerprint density at radius 1 is 1.27 bits per heavy atom. The number of carbonyl (C=O) groups excluding carboxylic acids is 1. The number of thiazole rings is 1. The molecule has 0 bridgehead atoms. The summed E-state index contributed by atoms with van der Waals surface area (Å²) in [7, 11) is 4.86. The van der Waals surface area contributed by atoms with E-state index in [1.165, 1.54) is 0 Å². The van der Waals surface area contributed by atoms with Crippen molar-refractivity contribution in [3.63, 3.8) is 0 Å². The largest absolute Gasteiger partial charge is 0.497 e. The monoisotopic (exact) mass is 321 g/mol. The molecule has 1 heterocycles. The van der Waals surface area contributed by atoms with Gasteiger partial charge in [-0.05, 0) is 6.92 Å². The van der Waals surface area contributed by atoms with E-state index in [1.54, 1.807) is 55.7 Å². The molecule has 1 N–H and O–H groups in total. The van der Waals surface area contributed by atoms with Gasteiger partial charge in [0, 0.05) is 36.3 Å². The molecule has 0 aliphatic carbocycles. The number of anilines is 1. The van der Waals surface area contributed by atoms with Gasteiger partial charge in [-0.15, -0.1) is 11.3 Å². The van der Waals surface area contributed by atoms with Gasteiger partial charge in [0.05, 0.1) is 31.5 Å².